The summed E-state index contributed by atoms with van der Waals surface area (Å²) in [5, 5.41) is 11.5. The fourth-order valence-corrected chi connectivity index (χ4v) is 6.61. The van der Waals surface area contributed by atoms with Crippen LogP contribution >= 0.6 is 0 Å². The minimum Gasteiger partial charge on any atom is -0.511 e. The van der Waals surface area contributed by atoms with Crippen LogP contribution in [0.4, 0.5) is 0 Å². The molecule has 1 aromatic heterocycles. The van der Waals surface area contributed by atoms with Gasteiger partial charge in [-0.3, -0.25) is 4.57 Å². The van der Waals surface area contributed by atoms with Gasteiger partial charge in [0.05, 0.1) is 5.69 Å². The highest BCUT2D eigenvalue weighted by Crippen LogP contribution is 2.41. The lowest BCUT2D eigenvalue weighted by molar-refractivity contribution is -0.157. The van der Waals surface area contributed by atoms with Gasteiger partial charge >= 0.3 is 5.97 Å². The summed E-state index contributed by atoms with van der Waals surface area (Å²) in [6.07, 6.45) is 6.99. The highest BCUT2D eigenvalue weighted by Gasteiger charge is 2.42. The highest BCUT2D eigenvalue weighted by molar-refractivity contribution is 7.89. The van der Waals surface area contributed by atoms with Crippen molar-refractivity contribution in [3.63, 3.8) is 0 Å². The molecule has 224 valence electrons. The summed E-state index contributed by atoms with van der Waals surface area (Å²) in [6.45, 7) is 2.01. The molecule has 1 aliphatic heterocycles. The van der Waals surface area contributed by atoms with Crippen LogP contribution < -0.4 is 4.72 Å². The van der Waals surface area contributed by atoms with Crippen molar-refractivity contribution in [2.45, 2.75) is 62.6 Å². The molecule has 43 heavy (non-hydrogen) atoms. The lowest BCUT2D eigenvalue weighted by Gasteiger charge is -2.38. The molecule has 0 spiro atoms. The van der Waals surface area contributed by atoms with E-state index >= 15 is 0 Å². The summed E-state index contributed by atoms with van der Waals surface area (Å²) in [6, 6.07) is 25.4. The van der Waals surface area contributed by atoms with Gasteiger partial charge in [0, 0.05) is 18.8 Å². The number of nitrogens with zero attached hydrogens (tertiary/aromatic N) is 2. The van der Waals surface area contributed by atoms with Crippen molar-refractivity contribution in [3.8, 4) is 5.69 Å². The number of rotatable bonds is 12. The molecule has 0 saturated heterocycles. The number of nitrogens with one attached hydrogen (secondary N) is 1. The van der Waals surface area contributed by atoms with E-state index in [0.717, 1.165) is 23.1 Å². The Morgan fingerprint density at radius 3 is 2.12 bits per heavy atom. The van der Waals surface area contributed by atoms with Crippen LogP contribution in [0.15, 0.2) is 102 Å². The summed E-state index contributed by atoms with van der Waals surface area (Å²) >= 11 is 0. The number of aliphatic hydroxyl groups excluding tert-OH is 1. The predicted molar refractivity (Wildman–Crippen MR) is 166 cm³/mol. The van der Waals surface area contributed by atoms with Gasteiger partial charge in [0.25, 0.3) is 10.0 Å². The topological polar surface area (TPSA) is 111 Å². The van der Waals surface area contributed by atoms with Gasteiger partial charge in [-0.1, -0.05) is 86.1 Å². The second-order valence-electron chi connectivity index (χ2n) is 10.9. The first-order chi connectivity index (χ1) is 20.8. The zero-order valence-electron chi connectivity index (χ0n) is 24.5. The van der Waals surface area contributed by atoms with E-state index in [9.17, 15) is 18.3 Å². The Hall–Kier alpha value is -4.21. The molecule has 2 N–H and O–H groups in total. The number of aryl methyl sites for hydroxylation is 2. The third-order valence-corrected chi connectivity index (χ3v) is 9.33. The third-order valence-electron chi connectivity index (χ3n) is 8.01. The van der Waals surface area contributed by atoms with E-state index in [1.54, 1.807) is 24.4 Å². The highest BCUT2D eigenvalue weighted by atomic mass is 32.2. The number of ether oxygens (including phenoxy) is 1. The van der Waals surface area contributed by atoms with Crippen molar-refractivity contribution in [1.29, 1.82) is 0 Å². The first-order valence-corrected chi connectivity index (χ1v) is 16.1. The maximum Gasteiger partial charge on any atom is 0.342 e. The Balaban J connectivity index is 1.54. The van der Waals surface area contributed by atoms with Gasteiger partial charge in [-0.2, -0.15) is 0 Å². The molecule has 4 aromatic rings. The summed E-state index contributed by atoms with van der Waals surface area (Å²) in [5.74, 6) is -0.589. The number of hydrogen-bond acceptors (Lipinski definition) is 6. The molecule has 0 bridgehead atoms. The first kappa shape index (κ1) is 30.3. The number of benzene rings is 3. The number of imidazole rings is 1. The fraction of sp³-hybridized carbons (Fsp3) is 0.294. The molecule has 0 saturated carbocycles. The number of carbonyl (C=O) groups excluding carboxylic acids is 1. The van der Waals surface area contributed by atoms with E-state index in [4.69, 9.17) is 4.74 Å². The molecule has 9 heteroatoms. The Morgan fingerprint density at radius 1 is 0.930 bits per heavy atom. The summed E-state index contributed by atoms with van der Waals surface area (Å²) in [5.41, 5.74) is 3.35. The maximum atomic E-state index is 13.9. The quantitative estimate of drug-likeness (QED) is 0.195. The van der Waals surface area contributed by atoms with Crippen LogP contribution in [0.3, 0.4) is 0 Å². The number of sulfonamides is 1. The Bertz CT molecular complexity index is 1670. The van der Waals surface area contributed by atoms with Gasteiger partial charge in [0.15, 0.2) is 0 Å². The average Bonchev–Trinajstić information content (AvgIpc) is 3.52. The van der Waals surface area contributed by atoms with Gasteiger partial charge < -0.3 is 9.84 Å². The molecule has 8 nitrogen and oxygen atoms in total. The number of hydrogen-bond donors (Lipinski definition) is 2. The molecule has 0 radical (unpaired) electrons. The fourth-order valence-electron chi connectivity index (χ4n) is 5.81. The van der Waals surface area contributed by atoms with Crippen LogP contribution in [0.25, 0.3) is 11.3 Å². The van der Waals surface area contributed by atoms with E-state index < -0.39 is 21.6 Å². The molecular weight excluding hydrogens is 562 g/mol. The molecule has 3 aromatic carbocycles. The first-order valence-electron chi connectivity index (χ1n) is 14.6. The zero-order chi connectivity index (χ0) is 30.5. The monoisotopic (exact) mass is 599 g/mol. The summed E-state index contributed by atoms with van der Waals surface area (Å²) < 4.78 is 35.5. The number of aliphatic hydroxyl groups is 1. The Morgan fingerprint density at radius 2 is 1.56 bits per heavy atom. The van der Waals surface area contributed by atoms with Gasteiger partial charge in [-0.15, -0.1) is 0 Å². The lowest BCUT2D eigenvalue weighted by atomic mass is 9.81. The number of esters is 1. The molecule has 0 amide bonds. The van der Waals surface area contributed by atoms with Gasteiger partial charge in [-0.25, -0.2) is 22.9 Å². The molecule has 1 aliphatic rings. The second-order valence-corrected chi connectivity index (χ2v) is 12.7. The largest absolute Gasteiger partial charge is 0.511 e. The van der Waals surface area contributed by atoms with Crippen LogP contribution in [-0.2, 0) is 38.8 Å². The van der Waals surface area contributed by atoms with Crippen molar-refractivity contribution < 1.29 is 23.1 Å². The van der Waals surface area contributed by atoms with E-state index in [2.05, 4.69) is 34.0 Å². The molecule has 2 heterocycles. The zero-order valence-corrected chi connectivity index (χ0v) is 25.3. The molecular formula is C34H37N3O5S. The van der Waals surface area contributed by atoms with Gasteiger partial charge in [0.1, 0.15) is 16.9 Å². The SMILES string of the molecule is CCCc1c(C2=C(O)CC(CCc3ccccc3)(CCc3ccccc3)OC2=O)cccc1-n1ccnc1S(=O)(=O)NC. The Labute approximate surface area is 253 Å². The average molecular weight is 600 g/mol. The molecule has 5 rings (SSSR count). The lowest BCUT2D eigenvalue weighted by Crippen LogP contribution is -2.41. The van der Waals surface area contributed by atoms with E-state index in [0.29, 0.717) is 43.4 Å². The normalized spacial score (nSPS) is 15.0. The number of aromatic nitrogens is 2. The maximum absolute atomic E-state index is 13.9. The van der Waals surface area contributed by atoms with Crippen LogP contribution in [-0.4, -0.2) is 41.7 Å². The number of cyclic esters (lactones) is 1. The van der Waals surface area contributed by atoms with Crippen LogP contribution in [0.5, 0.6) is 0 Å². The van der Waals surface area contributed by atoms with Crippen LogP contribution in [0.1, 0.15) is 54.9 Å². The van der Waals surface area contributed by atoms with Crippen molar-refractivity contribution in [2.75, 3.05) is 7.05 Å². The standard InChI is InChI=1S/C34H37N3O5S/c1-3-11-27-28(16-10-17-29(27)37-23-22-36-33(37)43(40,41)35-2)31-30(38)24-34(42-32(31)39,20-18-25-12-6-4-7-13-25)21-19-26-14-8-5-9-15-26/h4-10,12-17,22-23,35,38H,3,11,18-21,24H2,1-2H3. The van der Waals surface area contributed by atoms with Crippen molar-refractivity contribution in [2.24, 2.45) is 0 Å². The minimum atomic E-state index is -3.85. The predicted octanol–water partition coefficient (Wildman–Crippen LogP) is 5.95. The van der Waals surface area contributed by atoms with Crippen molar-refractivity contribution in [3.05, 3.63) is 119 Å². The smallest absolute Gasteiger partial charge is 0.342 e. The molecule has 0 unspecified atom stereocenters. The Kier molecular flexibility index (Phi) is 9.13. The van der Waals surface area contributed by atoms with Crippen molar-refractivity contribution >= 4 is 21.6 Å². The van der Waals surface area contributed by atoms with Crippen LogP contribution in [0.2, 0.25) is 0 Å². The van der Waals surface area contributed by atoms with E-state index in [1.165, 1.54) is 17.8 Å². The van der Waals surface area contributed by atoms with Gasteiger partial charge in [-0.05, 0) is 67.5 Å². The molecule has 0 fully saturated rings. The molecule has 0 aliphatic carbocycles. The summed E-state index contributed by atoms with van der Waals surface area (Å²) in [7, 11) is -2.52. The second kappa shape index (κ2) is 13.0. The molecule has 0 atom stereocenters. The third kappa shape index (κ3) is 6.58. The minimum absolute atomic E-state index is 0.0134. The summed E-state index contributed by atoms with van der Waals surface area (Å²) in [4.78, 5) is 18.0. The number of carbonyl (C=O) groups is 1. The van der Waals surface area contributed by atoms with Crippen LogP contribution in [0, 0.1) is 0 Å². The van der Waals surface area contributed by atoms with Gasteiger partial charge in [0.2, 0.25) is 5.16 Å². The van der Waals surface area contributed by atoms with E-state index in [-0.39, 0.29) is 22.9 Å². The van der Waals surface area contributed by atoms with Crippen molar-refractivity contribution in [1.82, 2.24) is 14.3 Å². The van der Waals surface area contributed by atoms with E-state index in [1.807, 2.05) is 43.3 Å².